The predicted molar refractivity (Wildman–Crippen MR) is 97.7 cm³/mol. The number of nitrogens with zero attached hydrogens (tertiary/aromatic N) is 3. The van der Waals surface area contributed by atoms with Gasteiger partial charge in [-0.3, -0.25) is 9.98 Å². The quantitative estimate of drug-likeness (QED) is 0.289. The predicted octanol–water partition coefficient (Wildman–Crippen LogP) is 3.15. The van der Waals surface area contributed by atoms with E-state index in [4.69, 9.17) is 11.6 Å². The highest BCUT2D eigenvalue weighted by Crippen LogP contribution is 2.28. The van der Waals surface area contributed by atoms with Crippen molar-refractivity contribution in [3.63, 3.8) is 0 Å². The number of nitrogens with two attached hydrogens (primary N) is 2. The molecular formula is C17H21F4N5O. The number of allylic oxidation sites excluding steroid dienone is 2. The molecule has 1 rings (SSSR count). The number of hydrogen-bond donors (Lipinski definition) is 3. The maximum Gasteiger partial charge on any atom is 0.430 e. The molecule has 0 spiro atoms. The van der Waals surface area contributed by atoms with Crippen molar-refractivity contribution in [2.24, 2.45) is 26.7 Å². The van der Waals surface area contributed by atoms with E-state index in [2.05, 4.69) is 15.1 Å². The zero-order valence-electron chi connectivity index (χ0n) is 14.8. The van der Waals surface area contributed by atoms with Gasteiger partial charge in [-0.05, 0) is 38.1 Å². The minimum atomic E-state index is -4.76. The van der Waals surface area contributed by atoms with Crippen molar-refractivity contribution in [3.05, 3.63) is 41.4 Å². The minimum Gasteiger partial charge on any atom is -0.395 e. The lowest BCUT2D eigenvalue weighted by Crippen LogP contribution is -2.21. The van der Waals surface area contributed by atoms with Crippen LogP contribution in [-0.4, -0.2) is 35.5 Å². The lowest BCUT2D eigenvalue weighted by Gasteiger charge is -2.11. The summed E-state index contributed by atoms with van der Waals surface area (Å²) in [6, 6.07) is 3.37. The first-order valence-electron chi connectivity index (χ1n) is 7.94. The molecule has 0 amide bonds. The smallest absolute Gasteiger partial charge is 0.395 e. The molecule has 27 heavy (non-hydrogen) atoms. The van der Waals surface area contributed by atoms with Gasteiger partial charge in [-0.1, -0.05) is 0 Å². The Morgan fingerprint density at radius 3 is 2.48 bits per heavy atom. The van der Waals surface area contributed by atoms with E-state index >= 15 is 0 Å². The minimum absolute atomic E-state index is 0.0939. The van der Waals surface area contributed by atoms with E-state index < -0.39 is 23.8 Å². The summed E-state index contributed by atoms with van der Waals surface area (Å²) in [5.74, 6) is 4.63. The molecule has 0 saturated heterocycles. The topological polar surface area (TPSA) is 109 Å². The molecule has 0 aromatic heterocycles. The van der Waals surface area contributed by atoms with Crippen LogP contribution in [0.3, 0.4) is 0 Å². The van der Waals surface area contributed by atoms with Gasteiger partial charge in [0.05, 0.1) is 17.5 Å². The Morgan fingerprint density at radius 2 is 1.96 bits per heavy atom. The largest absolute Gasteiger partial charge is 0.430 e. The normalized spacial score (nSPS) is 15.4. The van der Waals surface area contributed by atoms with Gasteiger partial charge in [0.25, 0.3) is 0 Å². The number of aliphatic imine (C=N–C) groups is 2. The number of halogens is 4. The van der Waals surface area contributed by atoms with Gasteiger partial charge in [0, 0.05) is 30.5 Å². The van der Waals surface area contributed by atoms with E-state index in [1.165, 1.54) is 19.2 Å². The summed E-state index contributed by atoms with van der Waals surface area (Å²) in [7, 11) is 0. The first kappa shape index (κ1) is 22.3. The first-order chi connectivity index (χ1) is 12.6. The van der Waals surface area contributed by atoms with E-state index in [-0.39, 0.29) is 29.1 Å². The van der Waals surface area contributed by atoms with Crippen molar-refractivity contribution in [3.8, 4) is 0 Å². The number of aliphatic hydroxyl groups is 1. The van der Waals surface area contributed by atoms with E-state index in [0.717, 1.165) is 12.1 Å². The third-order valence-corrected chi connectivity index (χ3v) is 3.30. The van der Waals surface area contributed by atoms with Gasteiger partial charge in [-0.25, -0.2) is 4.39 Å². The van der Waals surface area contributed by atoms with Crippen molar-refractivity contribution in [2.75, 3.05) is 6.54 Å². The molecule has 10 heteroatoms. The Balaban J connectivity index is 3.46. The molecule has 0 radical (unpaired) electrons. The third kappa shape index (κ3) is 7.18. The van der Waals surface area contributed by atoms with Crippen LogP contribution in [0, 0.1) is 5.82 Å². The number of hydrogen-bond acceptors (Lipinski definition) is 6. The summed E-state index contributed by atoms with van der Waals surface area (Å²) in [6.07, 6.45) is -4.09. The lowest BCUT2D eigenvalue weighted by atomic mass is 10.1. The standard InChI is InChI=1S/C17H21F4N5O/c1-3-24-9-13(26-23)7-12(8-16(22)17(19,20)21)25-15-5-4-11(18)6-14(15)10(2)27/h4-6,8-10,27H,3,7,22-23H2,1-2H3/t10-/m1/s1. The van der Waals surface area contributed by atoms with Crippen molar-refractivity contribution in [1.82, 2.24) is 0 Å². The summed E-state index contributed by atoms with van der Waals surface area (Å²) in [4.78, 5) is 8.04. The van der Waals surface area contributed by atoms with Crippen LogP contribution in [0.2, 0.25) is 0 Å². The molecule has 1 atom stereocenters. The highest BCUT2D eigenvalue weighted by Gasteiger charge is 2.31. The fourth-order valence-corrected chi connectivity index (χ4v) is 2.01. The molecule has 0 aliphatic heterocycles. The Hall–Kier alpha value is -2.75. The van der Waals surface area contributed by atoms with Crippen LogP contribution in [0.4, 0.5) is 23.2 Å². The monoisotopic (exact) mass is 387 g/mol. The number of rotatable bonds is 7. The third-order valence-electron chi connectivity index (χ3n) is 3.30. The van der Waals surface area contributed by atoms with Gasteiger partial charge >= 0.3 is 6.18 Å². The zero-order chi connectivity index (χ0) is 20.6. The lowest BCUT2D eigenvalue weighted by molar-refractivity contribution is -0.0925. The first-order valence-corrected chi connectivity index (χ1v) is 7.94. The summed E-state index contributed by atoms with van der Waals surface area (Å²) >= 11 is 0. The molecule has 1 aromatic carbocycles. The SMILES string of the molecule is CCN=CC(CC(C=C(N)C(F)(F)F)=Nc1ccc(F)cc1[C@@H](C)O)=NN. The summed E-state index contributed by atoms with van der Waals surface area (Å²) in [5.41, 5.74) is 3.96. The van der Waals surface area contributed by atoms with Crippen molar-refractivity contribution in [1.29, 1.82) is 0 Å². The average molecular weight is 387 g/mol. The van der Waals surface area contributed by atoms with Crippen molar-refractivity contribution < 1.29 is 22.7 Å². The van der Waals surface area contributed by atoms with E-state index in [1.807, 2.05) is 0 Å². The molecule has 0 aliphatic rings. The van der Waals surface area contributed by atoms with E-state index in [9.17, 15) is 22.7 Å². The van der Waals surface area contributed by atoms with Crippen LogP contribution in [-0.2, 0) is 0 Å². The fourth-order valence-electron chi connectivity index (χ4n) is 2.01. The van der Waals surface area contributed by atoms with Crippen LogP contribution < -0.4 is 11.6 Å². The van der Waals surface area contributed by atoms with Gasteiger partial charge < -0.3 is 16.7 Å². The van der Waals surface area contributed by atoms with Crippen LogP contribution >= 0.6 is 0 Å². The van der Waals surface area contributed by atoms with E-state index in [1.54, 1.807) is 6.92 Å². The Morgan fingerprint density at radius 1 is 1.30 bits per heavy atom. The molecule has 0 fully saturated rings. The molecule has 0 saturated carbocycles. The number of hydrazone groups is 1. The maximum absolute atomic E-state index is 13.4. The van der Waals surface area contributed by atoms with Gasteiger partial charge in [0.1, 0.15) is 11.5 Å². The molecule has 148 valence electrons. The van der Waals surface area contributed by atoms with Gasteiger partial charge in [0.2, 0.25) is 0 Å². The van der Waals surface area contributed by atoms with Crippen LogP contribution in [0.5, 0.6) is 0 Å². The Bertz CT molecular complexity index is 767. The molecule has 1 aromatic rings. The molecule has 0 bridgehead atoms. The molecule has 5 N–H and O–H groups in total. The zero-order valence-corrected chi connectivity index (χ0v) is 14.8. The molecule has 6 nitrogen and oxygen atoms in total. The molecule has 0 heterocycles. The fraction of sp³-hybridized carbons (Fsp3) is 0.353. The highest BCUT2D eigenvalue weighted by molar-refractivity contribution is 6.36. The number of aliphatic hydroxyl groups excluding tert-OH is 1. The van der Waals surface area contributed by atoms with Crippen molar-refractivity contribution in [2.45, 2.75) is 32.5 Å². The van der Waals surface area contributed by atoms with Crippen LogP contribution in [0.15, 0.2) is 45.1 Å². The average Bonchev–Trinajstić information content (AvgIpc) is 2.58. The summed E-state index contributed by atoms with van der Waals surface area (Å²) < 4.78 is 51.9. The Labute approximate surface area is 154 Å². The molecule has 0 aliphatic carbocycles. The van der Waals surface area contributed by atoms with Gasteiger partial charge in [-0.15, -0.1) is 0 Å². The second kappa shape index (κ2) is 9.81. The van der Waals surface area contributed by atoms with Gasteiger partial charge in [-0.2, -0.15) is 18.3 Å². The van der Waals surface area contributed by atoms with E-state index in [0.29, 0.717) is 12.6 Å². The molecular weight excluding hydrogens is 366 g/mol. The number of alkyl halides is 3. The van der Waals surface area contributed by atoms with Crippen molar-refractivity contribution >= 4 is 23.3 Å². The van der Waals surface area contributed by atoms with Gasteiger partial charge in [0.15, 0.2) is 0 Å². The Kier molecular flexibility index (Phi) is 8.10. The maximum atomic E-state index is 13.4. The second-order valence-corrected chi connectivity index (χ2v) is 5.50. The molecule has 0 unspecified atom stereocenters. The highest BCUT2D eigenvalue weighted by atomic mass is 19.4. The number of benzene rings is 1. The summed E-state index contributed by atoms with van der Waals surface area (Å²) in [5, 5.41) is 13.3. The summed E-state index contributed by atoms with van der Waals surface area (Å²) in [6.45, 7) is 3.57. The second-order valence-electron chi connectivity index (χ2n) is 5.50. The van der Waals surface area contributed by atoms with Crippen LogP contribution in [0.1, 0.15) is 31.9 Å². The van der Waals surface area contributed by atoms with Crippen LogP contribution in [0.25, 0.3) is 0 Å².